The number of halogens is 3. The number of anilines is 1. The second-order valence-corrected chi connectivity index (χ2v) is 7.80. The van der Waals surface area contributed by atoms with E-state index in [4.69, 9.17) is 10.5 Å². The molecule has 0 radical (unpaired) electrons. The molecule has 1 amide bonds. The molecule has 3 aromatic rings. The minimum Gasteiger partial charge on any atom is -0.455 e. The van der Waals surface area contributed by atoms with Crippen LogP contribution in [0.1, 0.15) is 15.9 Å². The maximum absolute atomic E-state index is 12.7. The molecule has 0 aromatic heterocycles. The van der Waals surface area contributed by atoms with Crippen LogP contribution in [0.15, 0.2) is 77.7 Å². The molecule has 156 valence electrons. The van der Waals surface area contributed by atoms with Gasteiger partial charge in [-0.3, -0.25) is 9.52 Å². The summed E-state index contributed by atoms with van der Waals surface area (Å²) in [6.07, 6.45) is -4.48. The highest BCUT2D eigenvalue weighted by Gasteiger charge is 2.30. The third-order valence-electron chi connectivity index (χ3n) is 3.99. The summed E-state index contributed by atoms with van der Waals surface area (Å²) in [6, 6.07) is 15.1. The van der Waals surface area contributed by atoms with Gasteiger partial charge in [-0.1, -0.05) is 12.1 Å². The fourth-order valence-electron chi connectivity index (χ4n) is 2.48. The van der Waals surface area contributed by atoms with Crippen molar-refractivity contribution in [2.75, 3.05) is 4.72 Å². The molecule has 3 aromatic carbocycles. The standard InChI is InChI=1S/C20H15F3N2O4S/c21-20(22,23)14-7-9-15(10-8-14)29-18-4-2-1-3-17(18)25-30(27,28)16-11-5-13(6-12-16)19(24)26/h1-12,25H,(H2,24,26). The van der Waals surface area contributed by atoms with Crippen molar-refractivity contribution in [1.29, 1.82) is 0 Å². The van der Waals surface area contributed by atoms with E-state index in [2.05, 4.69) is 4.72 Å². The quantitative estimate of drug-likeness (QED) is 0.599. The van der Waals surface area contributed by atoms with Crippen LogP contribution in [0.5, 0.6) is 11.5 Å². The molecule has 0 unspecified atom stereocenters. The Morgan fingerprint density at radius 3 is 2.07 bits per heavy atom. The molecule has 3 rings (SSSR count). The molecule has 0 saturated carbocycles. The second kappa shape index (κ2) is 8.07. The summed E-state index contributed by atoms with van der Waals surface area (Å²) in [5, 5.41) is 0. The summed E-state index contributed by atoms with van der Waals surface area (Å²) in [5.41, 5.74) is 4.54. The summed E-state index contributed by atoms with van der Waals surface area (Å²) in [4.78, 5) is 11.0. The highest BCUT2D eigenvalue weighted by Crippen LogP contribution is 2.34. The number of hydrogen-bond acceptors (Lipinski definition) is 4. The van der Waals surface area contributed by atoms with Gasteiger partial charge in [-0.15, -0.1) is 0 Å². The molecule has 0 fully saturated rings. The Hall–Kier alpha value is -3.53. The Kier molecular flexibility index (Phi) is 5.70. The number of hydrogen-bond donors (Lipinski definition) is 2. The van der Waals surface area contributed by atoms with Crippen molar-refractivity contribution in [2.45, 2.75) is 11.1 Å². The first-order valence-corrected chi connectivity index (χ1v) is 9.91. The number of alkyl halides is 3. The Morgan fingerprint density at radius 1 is 0.900 bits per heavy atom. The zero-order valence-corrected chi connectivity index (χ0v) is 16.0. The third kappa shape index (κ3) is 4.90. The maximum Gasteiger partial charge on any atom is 0.416 e. The summed E-state index contributed by atoms with van der Waals surface area (Å²) in [7, 11) is -4.03. The fraction of sp³-hybridized carbons (Fsp3) is 0.0500. The van der Waals surface area contributed by atoms with Gasteiger partial charge in [0.05, 0.1) is 16.1 Å². The molecule has 0 aliphatic carbocycles. The van der Waals surface area contributed by atoms with Crippen molar-refractivity contribution < 1.29 is 31.1 Å². The molecular weight excluding hydrogens is 421 g/mol. The highest BCUT2D eigenvalue weighted by atomic mass is 32.2. The number of sulfonamides is 1. The zero-order chi connectivity index (χ0) is 21.9. The van der Waals surface area contributed by atoms with Gasteiger partial charge in [0.2, 0.25) is 5.91 Å². The molecular formula is C20H15F3N2O4S. The Morgan fingerprint density at radius 2 is 1.50 bits per heavy atom. The number of benzene rings is 3. The van der Waals surface area contributed by atoms with Gasteiger partial charge >= 0.3 is 6.18 Å². The molecule has 0 heterocycles. The summed E-state index contributed by atoms with van der Waals surface area (Å²) in [5.74, 6) is -0.503. The smallest absolute Gasteiger partial charge is 0.416 e. The Balaban J connectivity index is 1.83. The van der Waals surface area contributed by atoms with Gasteiger partial charge < -0.3 is 10.5 Å². The molecule has 6 nitrogen and oxygen atoms in total. The van der Waals surface area contributed by atoms with E-state index in [0.717, 1.165) is 24.3 Å². The van der Waals surface area contributed by atoms with Crippen molar-refractivity contribution >= 4 is 21.6 Å². The van der Waals surface area contributed by atoms with Gasteiger partial charge in [0.15, 0.2) is 5.75 Å². The number of carbonyl (C=O) groups excluding carboxylic acids is 1. The van der Waals surface area contributed by atoms with Crippen LogP contribution in [-0.4, -0.2) is 14.3 Å². The van der Waals surface area contributed by atoms with Crippen molar-refractivity contribution in [3.63, 3.8) is 0 Å². The van der Waals surface area contributed by atoms with E-state index in [1.807, 2.05) is 0 Å². The van der Waals surface area contributed by atoms with Gasteiger partial charge in [-0.25, -0.2) is 8.42 Å². The molecule has 0 aliphatic heterocycles. The lowest BCUT2D eigenvalue weighted by Gasteiger charge is -2.14. The van der Waals surface area contributed by atoms with Crippen LogP contribution < -0.4 is 15.2 Å². The highest BCUT2D eigenvalue weighted by molar-refractivity contribution is 7.92. The largest absolute Gasteiger partial charge is 0.455 e. The number of carbonyl (C=O) groups is 1. The Labute approximate surface area is 170 Å². The van der Waals surface area contributed by atoms with E-state index in [1.54, 1.807) is 12.1 Å². The third-order valence-corrected chi connectivity index (χ3v) is 5.37. The first-order valence-electron chi connectivity index (χ1n) is 8.43. The van der Waals surface area contributed by atoms with Crippen LogP contribution in [0.25, 0.3) is 0 Å². The van der Waals surface area contributed by atoms with Gasteiger partial charge in [-0.2, -0.15) is 13.2 Å². The number of ether oxygens (including phenoxy) is 1. The van der Waals surface area contributed by atoms with E-state index < -0.39 is 27.7 Å². The molecule has 0 aliphatic rings. The molecule has 0 saturated heterocycles. The lowest BCUT2D eigenvalue weighted by Crippen LogP contribution is -2.15. The average Bonchev–Trinajstić information content (AvgIpc) is 2.69. The van der Waals surface area contributed by atoms with E-state index in [1.165, 1.54) is 36.4 Å². The lowest BCUT2D eigenvalue weighted by molar-refractivity contribution is -0.137. The van der Waals surface area contributed by atoms with Crippen molar-refractivity contribution in [1.82, 2.24) is 0 Å². The molecule has 0 spiro atoms. The predicted octanol–water partition coefficient (Wildman–Crippen LogP) is 4.40. The van der Waals surface area contributed by atoms with E-state index in [0.29, 0.717) is 0 Å². The molecule has 3 N–H and O–H groups in total. The van der Waals surface area contributed by atoms with Crippen LogP contribution in [0.2, 0.25) is 0 Å². The van der Waals surface area contributed by atoms with Crippen LogP contribution >= 0.6 is 0 Å². The van der Waals surface area contributed by atoms with Crippen LogP contribution in [-0.2, 0) is 16.2 Å². The van der Waals surface area contributed by atoms with E-state index in [-0.39, 0.29) is 27.6 Å². The SMILES string of the molecule is NC(=O)c1ccc(S(=O)(=O)Nc2ccccc2Oc2ccc(C(F)(F)F)cc2)cc1. The molecule has 30 heavy (non-hydrogen) atoms. The van der Waals surface area contributed by atoms with Crippen LogP contribution in [0.3, 0.4) is 0 Å². The van der Waals surface area contributed by atoms with Gasteiger partial charge in [0, 0.05) is 5.56 Å². The molecule has 0 bridgehead atoms. The molecule has 10 heteroatoms. The van der Waals surface area contributed by atoms with E-state index in [9.17, 15) is 26.4 Å². The first-order chi connectivity index (χ1) is 14.1. The van der Waals surface area contributed by atoms with Crippen LogP contribution in [0.4, 0.5) is 18.9 Å². The van der Waals surface area contributed by atoms with Crippen molar-refractivity contribution in [2.24, 2.45) is 5.73 Å². The average molecular weight is 436 g/mol. The normalized spacial score (nSPS) is 11.7. The minimum atomic E-state index is -4.48. The second-order valence-electron chi connectivity index (χ2n) is 6.11. The number of nitrogens with two attached hydrogens (primary N) is 1. The number of rotatable bonds is 6. The maximum atomic E-state index is 12.7. The monoisotopic (exact) mass is 436 g/mol. The number of nitrogens with one attached hydrogen (secondary N) is 1. The number of primary amides is 1. The lowest BCUT2D eigenvalue weighted by atomic mass is 10.2. The van der Waals surface area contributed by atoms with Crippen molar-refractivity contribution in [3.05, 3.63) is 83.9 Å². The minimum absolute atomic E-state index is 0.0800. The predicted molar refractivity (Wildman–Crippen MR) is 104 cm³/mol. The molecule has 0 atom stereocenters. The van der Waals surface area contributed by atoms with Gasteiger partial charge in [0.25, 0.3) is 10.0 Å². The summed E-state index contributed by atoms with van der Waals surface area (Å²) < 4.78 is 71.2. The summed E-state index contributed by atoms with van der Waals surface area (Å²) in [6.45, 7) is 0. The van der Waals surface area contributed by atoms with Gasteiger partial charge in [-0.05, 0) is 60.7 Å². The first kappa shape index (κ1) is 21.2. The fourth-order valence-corrected chi connectivity index (χ4v) is 3.55. The Bertz CT molecular complexity index is 1160. The summed E-state index contributed by atoms with van der Waals surface area (Å²) >= 11 is 0. The number of amides is 1. The topological polar surface area (TPSA) is 98.5 Å². The van der Waals surface area contributed by atoms with Crippen LogP contribution in [0, 0.1) is 0 Å². The number of para-hydroxylation sites is 2. The van der Waals surface area contributed by atoms with E-state index >= 15 is 0 Å². The van der Waals surface area contributed by atoms with Gasteiger partial charge in [0.1, 0.15) is 5.75 Å². The zero-order valence-electron chi connectivity index (χ0n) is 15.2. The van der Waals surface area contributed by atoms with Crippen molar-refractivity contribution in [3.8, 4) is 11.5 Å².